The second kappa shape index (κ2) is 7.86. The molecule has 0 radical (unpaired) electrons. The molecule has 2 heterocycles. The summed E-state index contributed by atoms with van der Waals surface area (Å²) in [5, 5.41) is 5.34. The van der Waals surface area contributed by atoms with Crippen molar-refractivity contribution in [2.24, 2.45) is 0 Å². The predicted octanol–water partition coefficient (Wildman–Crippen LogP) is 2.95. The smallest absolute Gasteiger partial charge is 0.274 e. The Labute approximate surface area is 157 Å². The summed E-state index contributed by atoms with van der Waals surface area (Å²) in [5.74, 6) is 0.527. The number of hydrogen-bond donors (Lipinski definition) is 1. The van der Waals surface area contributed by atoms with Gasteiger partial charge in [-0.2, -0.15) is 0 Å². The molecule has 0 saturated carbocycles. The number of thiazole rings is 1. The van der Waals surface area contributed by atoms with Crippen molar-refractivity contribution >= 4 is 23.2 Å². The maximum Gasteiger partial charge on any atom is 0.274 e. The molecular weight excluding hydrogens is 350 g/mol. The predicted molar refractivity (Wildman–Crippen MR) is 101 cm³/mol. The Morgan fingerprint density at radius 2 is 2.12 bits per heavy atom. The third-order valence-electron chi connectivity index (χ3n) is 4.17. The van der Waals surface area contributed by atoms with E-state index in [1.807, 2.05) is 45.0 Å². The number of amides is 2. The number of piperazine rings is 1. The molecule has 26 heavy (non-hydrogen) atoms. The first-order valence-corrected chi connectivity index (χ1v) is 9.69. The standard InChI is InChI=1S/C19H23N3O3S/c1-4-16-17(23)20-9-10-22(16)19(24)15-11-26-18(21-15)13-5-7-14(8-6-13)25-12(2)3/h5-8,11-12,16H,4,9-10H2,1-3H3,(H,20,23). The van der Waals surface area contributed by atoms with Gasteiger partial charge in [-0.15, -0.1) is 11.3 Å². The molecule has 1 aromatic carbocycles. The summed E-state index contributed by atoms with van der Waals surface area (Å²) in [6.45, 7) is 6.86. The molecular formula is C19H23N3O3S. The summed E-state index contributed by atoms with van der Waals surface area (Å²) >= 11 is 1.42. The van der Waals surface area contributed by atoms with E-state index in [0.717, 1.165) is 16.3 Å². The van der Waals surface area contributed by atoms with Gasteiger partial charge in [0, 0.05) is 24.0 Å². The molecule has 1 aliphatic heterocycles. The minimum absolute atomic E-state index is 0.0942. The zero-order valence-corrected chi connectivity index (χ0v) is 16.0. The lowest BCUT2D eigenvalue weighted by Crippen LogP contribution is -2.56. The molecule has 1 unspecified atom stereocenters. The van der Waals surface area contributed by atoms with Crippen molar-refractivity contribution in [3.05, 3.63) is 35.3 Å². The molecule has 1 saturated heterocycles. The van der Waals surface area contributed by atoms with Crippen molar-refractivity contribution in [1.82, 2.24) is 15.2 Å². The second-order valence-corrected chi connectivity index (χ2v) is 7.30. The van der Waals surface area contributed by atoms with E-state index < -0.39 is 6.04 Å². The van der Waals surface area contributed by atoms with Crippen molar-refractivity contribution in [1.29, 1.82) is 0 Å². The van der Waals surface area contributed by atoms with Gasteiger partial charge in [0.2, 0.25) is 5.91 Å². The molecule has 1 aliphatic rings. The third-order valence-corrected chi connectivity index (χ3v) is 5.07. The topological polar surface area (TPSA) is 71.5 Å². The number of carbonyl (C=O) groups is 2. The van der Waals surface area contributed by atoms with Gasteiger partial charge in [0.1, 0.15) is 22.5 Å². The zero-order valence-electron chi connectivity index (χ0n) is 15.2. The van der Waals surface area contributed by atoms with Crippen molar-refractivity contribution in [3.63, 3.8) is 0 Å². The molecule has 7 heteroatoms. The van der Waals surface area contributed by atoms with Gasteiger partial charge in [-0.3, -0.25) is 9.59 Å². The van der Waals surface area contributed by atoms with Gasteiger partial charge >= 0.3 is 0 Å². The molecule has 1 aromatic heterocycles. The van der Waals surface area contributed by atoms with Gasteiger partial charge in [-0.1, -0.05) is 6.92 Å². The number of aromatic nitrogens is 1. The van der Waals surface area contributed by atoms with Gasteiger partial charge in [-0.25, -0.2) is 4.98 Å². The second-order valence-electron chi connectivity index (χ2n) is 6.44. The summed E-state index contributed by atoms with van der Waals surface area (Å²) in [5.41, 5.74) is 1.33. The number of ether oxygens (including phenoxy) is 1. The molecule has 1 N–H and O–H groups in total. The molecule has 3 rings (SSSR count). The zero-order chi connectivity index (χ0) is 18.7. The van der Waals surface area contributed by atoms with E-state index >= 15 is 0 Å². The van der Waals surface area contributed by atoms with Gasteiger partial charge in [0.15, 0.2) is 0 Å². The van der Waals surface area contributed by atoms with E-state index in [1.165, 1.54) is 11.3 Å². The lowest BCUT2D eigenvalue weighted by Gasteiger charge is -2.34. The highest BCUT2D eigenvalue weighted by Crippen LogP contribution is 2.27. The van der Waals surface area contributed by atoms with Crippen LogP contribution in [-0.4, -0.2) is 46.9 Å². The van der Waals surface area contributed by atoms with Crippen LogP contribution in [0.2, 0.25) is 0 Å². The van der Waals surface area contributed by atoms with Crippen LogP contribution in [-0.2, 0) is 4.79 Å². The van der Waals surface area contributed by atoms with Crippen LogP contribution in [0.25, 0.3) is 10.6 Å². The number of nitrogens with one attached hydrogen (secondary N) is 1. The van der Waals surface area contributed by atoms with E-state index in [-0.39, 0.29) is 17.9 Å². The average molecular weight is 373 g/mol. The van der Waals surface area contributed by atoms with Crippen molar-refractivity contribution in [2.45, 2.75) is 39.3 Å². The van der Waals surface area contributed by atoms with Crippen LogP contribution in [0.1, 0.15) is 37.7 Å². The molecule has 1 fully saturated rings. The fourth-order valence-corrected chi connectivity index (χ4v) is 3.76. The molecule has 0 spiro atoms. The highest BCUT2D eigenvalue weighted by atomic mass is 32.1. The molecule has 2 aromatic rings. The quantitative estimate of drug-likeness (QED) is 0.875. The lowest BCUT2D eigenvalue weighted by atomic mass is 10.1. The van der Waals surface area contributed by atoms with E-state index in [4.69, 9.17) is 4.74 Å². The minimum atomic E-state index is -0.422. The SMILES string of the molecule is CCC1C(=O)NCCN1C(=O)c1csc(-c2ccc(OC(C)C)cc2)n1. The number of rotatable bonds is 5. The Bertz CT molecular complexity index is 786. The van der Waals surface area contributed by atoms with E-state index in [2.05, 4.69) is 10.3 Å². The first kappa shape index (κ1) is 18.4. The Hall–Kier alpha value is -2.41. The van der Waals surface area contributed by atoms with E-state index in [9.17, 15) is 9.59 Å². The molecule has 0 aliphatic carbocycles. The van der Waals surface area contributed by atoms with Crippen molar-refractivity contribution in [3.8, 4) is 16.3 Å². The highest BCUT2D eigenvalue weighted by Gasteiger charge is 2.33. The summed E-state index contributed by atoms with van der Waals surface area (Å²) in [6, 6.07) is 7.26. The van der Waals surface area contributed by atoms with Crippen LogP contribution in [0.4, 0.5) is 0 Å². The Kier molecular flexibility index (Phi) is 5.56. The molecule has 0 bridgehead atoms. The van der Waals surface area contributed by atoms with Crippen LogP contribution in [0.5, 0.6) is 5.75 Å². The van der Waals surface area contributed by atoms with Crippen LogP contribution in [0.15, 0.2) is 29.6 Å². The summed E-state index contributed by atoms with van der Waals surface area (Å²) in [4.78, 5) is 30.9. The van der Waals surface area contributed by atoms with Crippen molar-refractivity contribution < 1.29 is 14.3 Å². The van der Waals surface area contributed by atoms with Crippen LogP contribution in [0.3, 0.4) is 0 Å². The third kappa shape index (κ3) is 3.88. The number of nitrogens with zero attached hydrogens (tertiary/aromatic N) is 2. The van der Waals surface area contributed by atoms with Crippen LogP contribution < -0.4 is 10.1 Å². The van der Waals surface area contributed by atoms with Gasteiger partial charge in [0.25, 0.3) is 5.91 Å². The lowest BCUT2D eigenvalue weighted by molar-refractivity contribution is -0.127. The average Bonchev–Trinajstić information content (AvgIpc) is 3.11. The molecule has 1 atom stereocenters. The number of carbonyl (C=O) groups excluding carboxylic acids is 2. The summed E-state index contributed by atoms with van der Waals surface area (Å²) in [6.07, 6.45) is 0.712. The number of hydrogen-bond acceptors (Lipinski definition) is 5. The van der Waals surface area contributed by atoms with Gasteiger partial charge in [-0.05, 0) is 44.5 Å². The highest BCUT2D eigenvalue weighted by molar-refractivity contribution is 7.13. The Balaban J connectivity index is 1.76. The van der Waals surface area contributed by atoms with E-state index in [0.29, 0.717) is 25.2 Å². The molecule has 2 amide bonds. The Morgan fingerprint density at radius 1 is 1.38 bits per heavy atom. The molecule has 138 valence electrons. The maximum atomic E-state index is 12.8. The maximum absolute atomic E-state index is 12.8. The Morgan fingerprint density at radius 3 is 2.77 bits per heavy atom. The number of benzene rings is 1. The fraction of sp³-hybridized carbons (Fsp3) is 0.421. The van der Waals surface area contributed by atoms with Crippen LogP contribution >= 0.6 is 11.3 Å². The van der Waals surface area contributed by atoms with Gasteiger partial charge in [0.05, 0.1) is 6.10 Å². The van der Waals surface area contributed by atoms with E-state index in [1.54, 1.807) is 10.3 Å². The first-order valence-electron chi connectivity index (χ1n) is 8.81. The monoisotopic (exact) mass is 373 g/mol. The van der Waals surface area contributed by atoms with Crippen molar-refractivity contribution in [2.75, 3.05) is 13.1 Å². The fourth-order valence-electron chi connectivity index (χ4n) is 2.96. The summed E-state index contributed by atoms with van der Waals surface area (Å²) < 4.78 is 5.65. The largest absolute Gasteiger partial charge is 0.491 e. The first-order chi connectivity index (χ1) is 12.5. The normalized spacial score (nSPS) is 17.3. The van der Waals surface area contributed by atoms with Gasteiger partial charge < -0.3 is 15.0 Å². The summed E-state index contributed by atoms with van der Waals surface area (Å²) in [7, 11) is 0. The minimum Gasteiger partial charge on any atom is -0.491 e. The van der Waals surface area contributed by atoms with Crippen LogP contribution in [0, 0.1) is 0 Å². The molecule has 6 nitrogen and oxygen atoms in total.